The largest absolute Gasteiger partial charge is 0.320 e. The Balaban J connectivity index is 2.18. The number of amides is 1. The lowest BCUT2D eigenvalue weighted by Gasteiger charge is -2.13. The van der Waals surface area contributed by atoms with Gasteiger partial charge in [-0.1, -0.05) is 53.5 Å². The third-order valence-corrected chi connectivity index (χ3v) is 3.27. The molecular formula is C13H11Cl2N3O. The molecule has 0 radical (unpaired) electrons. The molecule has 0 spiro atoms. The van der Waals surface area contributed by atoms with E-state index in [1.165, 1.54) is 6.33 Å². The molecule has 98 valence electrons. The Hall–Kier alpha value is -1.65. The van der Waals surface area contributed by atoms with Gasteiger partial charge in [0.15, 0.2) is 10.3 Å². The molecule has 1 atom stereocenters. The Morgan fingerprint density at radius 1 is 1.16 bits per heavy atom. The molecule has 0 aliphatic rings. The second-order valence-corrected chi connectivity index (χ2v) is 4.67. The number of carbonyl (C=O) groups is 1. The van der Waals surface area contributed by atoms with Gasteiger partial charge in [-0.25, -0.2) is 9.97 Å². The van der Waals surface area contributed by atoms with Crippen molar-refractivity contribution in [3.8, 4) is 0 Å². The van der Waals surface area contributed by atoms with E-state index in [2.05, 4.69) is 15.3 Å². The first-order valence-corrected chi connectivity index (χ1v) is 6.37. The monoisotopic (exact) mass is 295 g/mol. The summed E-state index contributed by atoms with van der Waals surface area (Å²) in [6.45, 7) is 1.80. The van der Waals surface area contributed by atoms with Crippen LogP contribution >= 0.6 is 23.2 Å². The van der Waals surface area contributed by atoms with Crippen molar-refractivity contribution in [1.82, 2.24) is 9.97 Å². The van der Waals surface area contributed by atoms with E-state index in [4.69, 9.17) is 23.2 Å². The molecule has 1 unspecified atom stereocenters. The lowest BCUT2D eigenvalue weighted by molar-refractivity contribution is -0.117. The van der Waals surface area contributed by atoms with Crippen molar-refractivity contribution in [1.29, 1.82) is 0 Å². The van der Waals surface area contributed by atoms with Gasteiger partial charge in [-0.15, -0.1) is 0 Å². The zero-order chi connectivity index (χ0) is 13.8. The second-order valence-electron chi connectivity index (χ2n) is 3.95. The van der Waals surface area contributed by atoms with E-state index < -0.39 is 0 Å². The molecule has 0 saturated carbocycles. The highest BCUT2D eigenvalue weighted by molar-refractivity contribution is 6.38. The molecule has 1 heterocycles. The van der Waals surface area contributed by atoms with Gasteiger partial charge in [0.25, 0.3) is 0 Å². The predicted molar refractivity (Wildman–Crippen MR) is 75.5 cm³/mol. The van der Waals surface area contributed by atoms with Gasteiger partial charge in [0.05, 0.1) is 5.92 Å². The molecule has 19 heavy (non-hydrogen) atoms. The summed E-state index contributed by atoms with van der Waals surface area (Å²) in [4.78, 5) is 19.7. The molecule has 0 bridgehead atoms. The van der Waals surface area contributed by atoms with E-state index >= 15 is 0 Å². The number of hydrogen-bond donors (Lipinski definition) is 1. The molecule has 1 N–H and O–H groups in total. The number of rotatable bonds is 3. The molecule has 2 aromatic rings. The Bertz CT molecular complexity index is 569. The number of hydrogen-bond acceptors (Lipinski definition) is 3. The fraction of sp³-hybridized carbons (Fsp3) is 0.154. The van der Waals surface area contributed by atoms with Gasteiger partial charge in [0.1, 0.15) is 12.0 Å². The smallest absolute Gasteiger partial charge is 0.231 e. The fourth-order valence-electron chi connectivity index (χ4n) is 1.57. The maximum absolute atomic E-state index is 12.1. The number of nitrogens with zero attached hydrogens (tertiary/aromatic N) is 2. The lowest BCUT2D eigenvalue weighted by atomic mass is 10.0. The number of benzene rings is 1. The molecule has 0 fully saturated rings. The van der Waals surface area contributed by atoms with Gasteiger partial charge in [0, 0.05) is 0 Å². The van der Waals surface area contributed by atoms with Crippen LogP contribution in [0.4, 0.5) is 5.69 Å². The van der Waals surface area contributed by atoms with Gasteiger partial charge < -0.3 is 5.32 Å². The zero-order valence-corrected chi connectivity index (χ0v) is 11.6. The van der Waals surface area contributed by atoms with E-state index in [1.54, 1.807) is 6.92 Å². The van der Waals surface area contributed by atoms with Crippen molar-refractivity contribution < 1.29 is 4.79 Å². The number of halogens is 2. The third kappa shape index (κ3) is 3.22. The molecule has 0 aliphatic carbocycles. The Morgan fingerprint density at radius 3 is 2.32 bits per heavy atom. The minimum atomic E-state index is -0.325. The molecule has 4 nitrogen and oxygen atoms in total. The highest BCUT2D eigenvalue weighted by Crippen LogP contribution is 2.27. The van der Waals surface area contributed by atoms with Crippen molar-refractivity contribution in [2.24, 2.45) is 0 Å². The van der Waals surface area contributed by atoms with E-state index in [0.29, 0.717) is 0 Å². The topological polar surface area (TPSA) is 54.9 Å². The van der Waals surface area contributed by atoms with Crippen molar-refractivity contribution in [2.75, 3.05) is 5.32 Å². The Labute approximate surface area is 120 Å². The second kappa shape index (κ2) is 5.99. The molecule has 1 amide bonds. The van der Waals surface area contributed by atoms with E-state index in [-0.39, 0.29) is 27.8 Å². The third-order valence-electron chi connectivity index (χ3n) is 2.70. The van der Waals surface area contributed by atoms with E-state index in [1.807, 2.05) is 30.3 Å². The minimum absolute atomic E-state index is 0.119. The van der Waals surface area contributed by atoms with Gasteiger partial charge in [-0.2, -0.15) is 0 Å². The first-order valence-electron chi connectivity index (χ1n) is 5.61. The molecule has 6 heteroatoms. The maximum atomic E-state index is 12.1. The standard InChI is InChI=1S/C13H11Cl2N3O/c1-8(9-5-3-2-4-6-9)13(19)18-10-11(14)16-7-17-12(10)15/h2-8H,1H3,(H,18,19). The van der Waals surface area contributed by atoms with Crippen LogP contribution < -0.4 is 5.32 Å². The summed E-state index contributed by atoms with van der Waals surface area (Å²) < 4.78 is 0. The number of aromatic nitrogens is 2. The molecule has 2 rings (SSSR count). The summed E-state index contributed by atoms with van der Waals surface area (Å²) in [5.41, 5.74) is 1.14. The average molecular weight is 296 g/mol. The van der Waals surface area contributed by atoms with Crippen molar-refractivity contribution in [3.05, 3.63) is 52.5 Å². The fourth-order valence-corrected chi connectivity index (χ4v) is 1.98. The van der Waals surface area contributed by atoms with Crippen LogP contribution in [0.3, 0.4) is 0 Å². The maximum Gasteiger partial charge on any atom is 0.231 e. The summed E-state index contributed by atoms with van der Waals surface area (Å²) in [5.74, 6) is -0.543. The van der Waals surface area contributed by atoms with Crippen LogP contribution in [0.5, 0.6) is 0 Å². The number of anilines is 1. The SMILES string of the molecule is CC(C(=O)Nc1c(Cl)ncnc1Cl)c1ccccc1. The van der Waals surface area contributed by atoms with Crippen LogP contribution in [0.25, 0.3) is 0 Å². The minimum Gasteiger partial charge on any atom is -0.320 e. The number of carbonyl (C=O) groups excluding carboxylic acids is 1. The summed E-state index contributed by atoms with van der Waals surface area (Å²) in [7, 11) is 0. The van der Waals surface area contributed by atoms with Crippen LogP contribution in [-0.4, -0.2) is 15.9 Å². The highest BCUT2D eigenvalue weighted by Gasteiger charge is 2.18. The quantitative estimate of drug-likeness (QED) is 0.882. The van der Waals surface area contributed by atoms with Crippen molar-refractivity contribution in [3.63, 3.8) is 0 Å². The van der Waals surface area contributed by atoms with E-state index in [9.17, 15) is 4.79 Å². The molecule has 0 aliphatic heterocycles. The summed E-state index contributed by atoms with van der Waals surface area (Å²) in [5, 5.41) is 2.89. The normalized spacial score (nSPS) is 11.9. The van der Waals surface area contributed by atoms with Crippen LogP contribution in [0.15, 0.2) is 36.7 Å². The Kier molecular flexibility index (Phi) is 4.35. The number of nitrogens with one attached hydrogen (secondary N) is 1. The molecule has 1 aromatic carbocycles. The summed E-state index contributed by atoms with van der Waals surface area (Å²) in [6.07, 6.45) is 1.24. The lowest BCUT2D eigenvalue weighted by Crippen LogP contribution is -2.19. The van der Waals surface area contributed by atoms with Gasteiger partial charge in [-0.3, -0.25) is 4.79 Å². The Morgan fingerprint density at radius 2 is 1.74 bits per heavy atom. The van der Waals surface area contributed by atoms with E-state index in [0.717, 1.165) is 5.56 Å². The van der Waals surface area contributed by atoms with Crippen LogP contribution in [-0.2, 0) is 4.79 Å². The highest BCUT2D eigenvalue weighted by atomic mass is 35.5. The van der Waals surface area contributed by atoms with Gasteiger partial charge in [-0.05, 0) is 12.5 Å². The summed E-state index contributed by atoms with van der Waals surface area (Å²) >= 11 is 11.7. The predicted octanol–water partition coefficient (Wildman–Crippen LogP) is 3.53. The zero-order valence-electron chi connectivity index (χ0n) is 10.1. The van der Waals surface area contributed by atoms with Crippen LogP contribution in [0, 0.1) is 0 Å². The van der Waals surface area contributed by atoms with Gasteiger partial charge in [0.2, 0.25) is 5.91 Å². The van der Waals surface area contributed by atoms with Crippen molar-refractivity contribution >= 4 is 34.8 Å². The summed E-state index contributed by atoms with van der Waals surface area (Å²) in [6, 6.07) is 9.42. The van der Waals surface area contributed by atoms with Crippen LogP contribution in [0.2, 0.25) is 10.3 Å². The molecule has 1 aromatic heterocycles. The average Bonchev–Trinajstić information content (AvgIpc) is 2.43. The van der Waals surface area contributed by atoms with Gasteiger partial charge >= 0.3 is 0 Å². The first-order chi connectivity index (χ1) is 9.09. The molecular weight excluding hydrogens is 285 g/mol. The molecule has 0 saturated heterocycles. The van der Waals surface area contributed by atoms with Crippen molar-refractivity contribution in [2.45, 2.75) is 12.8 Å². The first kappa shape index (κ1) is 13.8. The van der Waals surface area contributed by atoms with Crippen LogP contribution in [0.1, 0.15) is 18.4 Å².